The number of rotatable bonds is 3. The topological polar surface area (TPSA) is 38.7 Å². The first-order valence-electron chi connectivity index (χ1n) is 7.16. The fourth-order valence-electron chi connectivity index (χ4n) is 2.16. The first-order chi connectivity index (χ1) is 9.09. The minimum Gasteiger partial charge on any atom is -0.399 e. The molecule has 1 heterocycles. The van der Waals surface area contributed by atoms with E-state index in [2.05, 4.69) is 27.7 Å². The van der Waals surface area contributed by atoms with Crippen molar-refractivity contribution in [1.29, 1.82) is 0 Å². The number of hydrogen-bond acceptors (Lipinski definition) is 3. The van der Waals surface area contributed by atoms with Crippen LogP contribution in [-0.4, -0.2) is 30.0 Å². The van der Waals surface area contributed by atoms with Crippen LogP contribution in [0.1, 0.15) is 47.1 Å². The summed E-state index contributed by atoms with van der Waals surface area (Å²) in [6.45, 7) is 12.4. The summed E-state index contributed by atoms with van der Waals surface area (Å²) in [6, 6.07) is 8.12. The van der Waals surface area contributed by atoms with Gasteiger partial charge in [0.15, 0.2) is 0 Å². The van der Waals surface area contributed by atoms with Crippen LogP contribution in [0.25, 0.3) is 0 Å². The third kappa shape index (κ3) is 2.65. The number of aliphatic hydroxyl groups is 1. The molecule has 0 radical (unpaired) electrons. The van der Waals surface area contributed by atoms with E-state index in [0.717, 1.165) is 11.0 Å². The molecule has 0 spiro atoms. The van der Waals surface area contributed by atoms with Crippen molar-refractivity contribution in [1.82, 2.24) is 0 Å². The molecule has 3 nitrogen and oxygen atoms in total. The predicted molar refractivity (Wildman–Crippen MR) is 82.3 cm³/mol. The minimum absolute atomic E-state index is 0.128. The Morgan fingerprint density at radius 1 is 1.00 bits per heavy atom. The van der Waals surface area contributed by atoms with Crippen molar-refractivity contribution in [3.63, 3.8) is 0 Å². The van der Waals surface area contributed by atoms with Crippen LogP contribution < -0.4 is 5.46 Å². The van der Waals surface area contributed by atoms with Crippen molar-refractivity contribution in [3.05, 3.63) is 29.8 Å². The zero-order valence-electron chi connectivity index (χ0n) is 13.4. The van der Waals surface area contributed by atoms with Gasteiger partial charge in [0.2, 0.25) is 0 Å². The van der Waals surface area contributed by atoms with Gasteiger partial charge in [-0.2, -0.15) is 0 Å². The van der Waals surface area contributed by atoms with Gasteiger partial charge < -0.3 is 14.4 Å². The molecule has 1 N–H and O–H groups in total. The van der Waals surface area contributed by atoms with Crippen LogP contribution >= 0.6 is 0 Å². The van der Waals surface area contributed by atoms with Crippen molar-refractivity contribution in [3.8, 4) is 0 Å². The van der Waals surface area contributed by atoms with Gasteiger partial charge in [-0.25, -0.2) is 0 Å². The molecule has 2 rings (SSSR count). The van der Waals surface area contributed by atoms with E-state index in [9.17, 15) is 5.11 Å². The third-order valence-corrected chi connectivity index (χ3v) is 4.61. The summed E-state index contributed by atoms with van der Waals surface area (Å²) in [5.41, 5.74) is 1.26. The maximum Gasteiger partial charge on any atom is 0.494 e. The molecular formula is C16H25BO3. The van der Waals surface area contributed by atoms with Crippen LogP contribution in [0.15, 0.2) is 24.3 Å². The zero-order chi connectivity index (χ0) is 15.2. The summed E-state index contributed by atoms with van der Waals surface area (Å²) in [6.07, 6.45) is 0. The molecule has 1 aromatic carbocycles. The lowest BCUT2D eigenvalue weighted by atomic mass is 9.76. The largest absolute Gasteiger partial charge is 0.494 e. The Balaban J connectivity index is 2.21. The van der Waals surface area contributed by atoms with Crippen LogP contribution in [0.3, 0.4) is 0 Å². The van der Waals surface area contributed by atoms with E-state index in [1.54, 1.807) is 0 Å². The third-order valence-electron chi connectivity index (χ3n) is 4.61. The van der Waals surface area contributed by atoms with Crippen LogP contribution in [-0.2, 0) is 14.7 Å². The SMILES string of the molecule is CC(C)(CO)c1ccc(B2OC(C)(C)C(C)(C)O2)cc1. The van der Waals surface area contributed by atoms with E-state index in [1.165, 1.54) is 0 Å². The maximum atomic E-state index is 9.42. The molecular weight excluding hydrogens is 251 g/mol. The second kappa shape index (κ2) is 4.87. The van der Waals surface area contributed by atoms with Crippen molar-refractivity contribution in [2.45, 2.75) is 58.2 Å². The molecule has 0 aromatic heterocycles. The van der Waals surface area contributed by atoms with Gasteiger partial charge in [-0.1, -0.05) is 38.1 Å². The normalized spacial score (nSPS) is 21.2. The van der Waals surface area contributed by atoms with Gasteiger partial charge in [-0.3, -0.25) is 0 Å². The summed E-state index contributed by atoms with van der Waals surface area (Å²) in [7, 11) is -0.328. The molecule has 1 aliphatic rings. The molecule has 0 saturated carbocycles. The molecule has 1 saturated heterocycles. The fraction of sp³-hybridized carbons (Fsp3) is 0.625. The first kappa shape index (κ1) is 15.6. The monoisotopic (exact) mass is 276 g/mol. The number of hydrogen-bond donors (Lipinski definition) is 1. The Labute approximate surface area is 122 Å². The quantitative estimate of drug-likeness (QED) is 0.861. The van der Waals surface area contributed by atoms with Crippen molar-refractivity contribution >= 4 is 12.6 Å². The van der Waals surface area contributed by atoms with E-state index < -0.39 is 0 Å². The van der Waals surface area contributed by atoms with Crippen molar-refractivity contribution in [2.75, 3.05) is 6.61 Å². The molecule has 1 fully saturated rings. The van der Waals surface area contributed by atoms with Crippen LogP contribution in [0.4, 0.5) is 0 Å². The molecule has 20 heavy (non-hydrogen) atoms. The summed E-state index contributed by atoms with van der Waals surface area (Å²) < 4.78 is 12.1. The Morgan fingerprint density at radius 3 is 1.85 bits per heavy atom. The van der Waals surface area contributed by atoms with Crippen molar-refractivity contribution < 1.29 is 14.4 Å². The van der Waals surface area contributed by atoms with E-state index >= 15 is 0 Å². The van der Waals surface area contributed by atoms with Gasteiger partial charge in [0.05, 0.1) is 17.8 Å². The van der Waals surface area contributed by atoms with Crippen LogP contribution in [0.5, 0.6) is 0 Å². The molecule has 0 amide bonds. The minimum atomic E-state index is -0.328. The Kier molecular flexibility index (Phi) is 3.78. The van der Waals surface area contributed by atoms with Gasteiger partial charge in [0, 0.05) is 5.41 Å². The fourth-order valence-corrected chi connectivity index (χ4v) is 2.16. The van der Waals surface area contributed by atoms with Gasteiger partial charge in [-0.15, -0.1) is 0 Å². The lowest BCUT2D eigenvalue weighted by Gasteiger charge is -2.32. The van der Waals surface area contributed by atoms with Crippen LogP contribution in [0, 0.1) is 0 Å². The van der Waals surface area contributed by atoms with Crippen molar-refractivity contribution in [2.24, 2.45) is 0 Å². The Morgan fingerprint density at radius 2 is 1.45 bits per heavy atom. The van der Waals surface area contributed by atoms with Gasteiger partial charge in [0.1, 0.15) is 0 Å². The van der Waals surface area contributed by atoms with Gasteiger partial charge in [-0.05, 0) is 38.7 Å². The Bertz CT molecular complexity index is 461. The Hall–Kier alpha value is -0.835. The zero-order valence-corrected chi connectivity index (χ0v) is 13.4. The summed E-state index contributed by atoms with van der Waals surface area (Å²) in [5, 5.41) is 9.42. The number of aliphatic hydroxyl groups excluding tert-OH is 1. The van der Waals surface area contributed by atoms with E-state index in [0.29, 0.717) is 0 Å². The number of benzene rings is 1. The summed E-state index contributed by atoms with van der Waals surface area (Å²) >= 11 is 0. The van der Waals surface area contributed by atoms with E-state index in [4.69, 9.17) is 9.31 Å². The first-order valence-corrected chi connectivity index (χ1v) is 7.16. The molecule has 0 atom stereocenters. The molecule has 110 valence electrons. The van der Waals surface area contributed by atoms with Gasteiger partial charge in [0.25, 0.3) is 0 Å². The maximum absolute atomic E-state index is 9.42. The molecule has 0 unspecified atom stereocenters. The highest BCUT2D eigenvalue weighted by atomic mass is 16.7. The highest BCUT2D eigenvalue weighted by molar-refractivity contribution is 6.62. The predicted octanol–water partition coefficient (Wildman–Crippen LogP) is 2.26. The second-order valence-corrected chi connectivity index (χ2v) is 7.25. The smallest absolute Gasteiger partial charge is 0.399 e. The average molecular weight is 276 g/mol. The lowest BCUT2D eigenvalue weighted by molar-refractivity contribution is 0.00578. The lowest BCUT2D eigenvalue weighted by Crippen LogP contribution is -2.41. The van der Waals surface area contributed by atoms with Gasteiger partial charge >= 0.3 is 7.12 Å². The standard InChI is InChI=1S/C16H25BO3/c1-14(2,11-18)12-7-9-13(10-8-12)17-19-15(3,4)16(5,6)20-17/h7-10,18H,11H2,1-6H3. The second-order valence-electron chi connectivity index (χ2n) is 7.25. The summed E-state index contributed by atoms with van der Waals surface area (Å²) in [5.74, 6) is 0. The molecule has 4 heteroatoms. The molecule has 1 aromatic rings. The highest BCUT2D eigenvalue weighted by Gasteiger charge is 2.51. The molecule has 0 aliphatic carbocycles. The summed E-state index contributed by atoms with van der Waals surface area (Å²) in [4.78, 5) is 0. The molecule has 0 bridgehead atoms. The van der Waals surface area contributed by atoms with E-state index in [1.807, 2.05) is 38.1 Å². The van der Waals surface area contributed by atoms with Crippen LogP contribution in [0.2, 0.25) is 0 Å². The average Bonchev–Trinajstić information content (AvgIpc) is 2.59. The van der Waals surface area contributed by atoms with E-state index in [-0.39, 0.29) is 30.3 Å². The highest BCUT2D eigenvalue weighted by Crippen LogP contribution is 2.36. The molecule has 1 aliphatic heterocycles.